The van der Waals surface area contributed by atoms with Crippen LogP contribution in [-0.4, -0.2) is 31.3 Å². The Morgan fingerprint density at radius 3 is 2.67 bits per heavy atom. The molecule has 1 heterocycles. The number of nitrogens with one attached hydrogen (secondary N) is 1. The van der Waals surface area contributed by atoms with Crippen molar-refractivity contribution in [2.45, 2.75) is 52.6 Å². The van der Waals surface area contributed by atoms with E-state index < -0.39 is 0 Å². The number of rotatable bonds is 5. The molecule has 1 aromatic carbocycles. The van der Waals surface area contributed by atoms with Gasteiger partial charge in [0.05, 0.1) is 12.3 Å². The summed E-state index contributed by atoms with van der Waals surface area (Å²) in [5.41, 5.74) is 1.41. The topological polar surface area (TPSA) is 24.5 Å². The van der Waals surface area contributed by atoms with Gasteiger partial charge in [-0.15, -0.1) is 0 Å². The summed E-state index contributed by atoms with van der Waals surface area (Å²) in [6.45, 7) is 14.0. The Labute approximate surface area is 129 Å². The minimum atomic E-state index is 0.171. The number of hydrogen-bond donors (Lipinski definition) is 1. The highest BCUT2D eigenvalue weighted by Crippen LogP contribution is 2.34. The van der Waals surface area contributed by atoms with Gasteiger partial charge in [-0.1, -0.05) is 32.9 Å². The van der Waals surface area contributed by atoms with Gasteiger partial charge < -0.3 is 15.0 Å². The lowest BCUT2D eigenvalue weighted by molar-refractivity contribution is 0.250. The predicted molar refractivity (Wildman–Crippen MR) is 90.3 cm³/mol. The summed E-state index contributed by atoms with van der Waals surface area (Å²) in [4.78, 5) is 2.55. The summed E-state index contributed by atoms with van der Waals surface area (Å²) in [5.74, 6) is 1.61. The highest BCUT2D eigenvalue weighted by atomic mass is 16.5. The number of piperazine rings is 1. The average Bonchev–Trinajstić information content (AvgIpc) is 2.48. The van der Waals surface area contributed by atoms with Crippen molar-refractivity contribution in [2.24, 2.45) is 5.92 Å². The van der Waals surface area contributed by atoms with E-state index in [-0.39, 0.29) is 5.54 Å². The standard InChI is InChI=1S/C18H30N2O/c1-6-18(5)13-20(16(12-19-18)14(3)4)15-10-8-9-11-17(15)21-7-2/h8-11,14,16,19H,6-7,12-13H2,1-5H3. The van der Waals surface area contributed by atoms with E-state index in [0.717, 1.165) is 25.3 Å². The van der Waals surface area contributed by atoms with Crippen LogP contribution in [0.1, 0.15) is 41.0 Å². The molecule has 2 rings (SSSR count). The molecule has 3 nitrogen and oxygen atoms in total. The van der Waals surface area contributed by atoms with Crippen molar-refractivity contribution >= 4 is 5.69 Å². The van der Waals surface area contributed by atoms with E-state index in [1.807, 2.05) is 6.92 Å². The first-order chi connectivity index (χ1) is 10.0. The number of para-hydroxylation sites is 2. The highest BCUT2D eigenvalue weighted by Gasteiger charge is 2.36. The Balaban J connectivity index is 2.35. The van der Waals surface area contributed by atoms with Gasteiger partial charge in [-0.2, -0.15) is 0 Å². The first-order valence-corrected chi connectivity index (χ1v) is 8.24. The van der Waals surface area contributed by atoms with E-state index in [1.54, 1.807) is 0 Å². The summed E-state index contributed by atoms with van der Waals surface area (Å²) in [6, 6.07) is 8.95. The normalized spacial score (nSPS) is 26.2. The van der Waals surface area contributed by atoms with E-state index in [1.165, 1.54) is 5.69 Å². The number of hydrogen-bond acceptors (Lipinski definition) is 3. The average molecular weight is 290 g/mol. The third-order valence-corrected chi connectivity index (χ3v) is 4.68. The number of nitrogens with zero attached hydrogens (tertiary/aromatic N) is 1. The van der Waals surface area contributed by atoms with Crippen LogP contribution in [0, 0.1) is 5.92 Å². The van der Waals surface area contributed by atoms with Gasteiger partial charge in [-0.25, -0.2) is 0 Å². The van der Waals surface area contributed by atoms with Crippen molar-refractivity contribution in [3.8, 4) is 5.75 Å². The SMILES string of the molecule is CCOc1ccccc1N1CC(C)(CC)NCC1C(C)C. The van der Waals surface area contributed by atoms with E-state index in [9.17, 15) is 0 Å². The fraction of sp³-hybridized carbons (Fsp3) is 0.667. The summed E-state index contributed by atoms with van der Waals surface area (Å²) in [5, 5.41) is 3.75. The van der Waals surface area contributed by atoms with Crippen LogP contribution in [0.15, 0.2) is 24.3 Å². The van der Waals surface area contributed by atoms with Crippen LogP contribution in [0.25, 0.3) is 0 Å². The summed E-state index contributed by atoms with van der Waals surface area (Å²) < 4.78 is 5.86. The lowest BCUT2D eigenvalue weighted by atomic mass is 9.89. The van der Waals surface area contributed by atoms with Crippen molar-refractivity contribution in [1.82, 2.24) is 5.32 Å². The molecule has 1 aliphatic heterocycles. The van der Waals surface area contributed by atoms with Gasteiger partial charge in [0.15, 0.2) is 0 Å². The van der Waals surface area contributed by atoms with Gasteiger partial charge in [0.25, 0.3) is 0 Å². The second-order valence-corrected chi connectivity index (χ2v) is 6.64. The molecule has 0 radical (unpaired) electrons. The van der Waals surface area contributed by atoms with Crippen molar-refractivity contribution in [3.63, 3.8) is 0 Å². The Morgan fingerprint density at radius 1 is 1.33 bits per heavy atom. The van der Waals surface area contributed by atoms with Gasteiger partial charge in [0, 0.05) is 24.7 Å². The molecule has 0 bridgehead atoms. The predicted octanol–water partition coefficient (Wildman–Crippen LogP) is 3.69. The van der Waals surface area contributed by atoms with Crippen LogP contribution in [0.5, 0.6) is 5.75 Å². The third kappa shape index (κ3) is 3.52. The molecule has 2 atom stereocenters. The van der Waals surface area contributed by atoms with Gasteiger partial charge >= 0.3 is 0 Å². The van der Waals surface area contributed by atoms with Gasteiger partial charge in [0.1, 0.15) is 5.75 Å². The molecule has 3 heteroatoms. The molecule has 0 spiro atoms. The molecule has 1 aliphatic rings. The lowest BCUT2D eigenvalue weighted by Crippen LogP contribution is -2.64. The van der Waals surface area contributed by atoms with Crippen molar-refractivity contribution in [2.75, 3.05) is 24.6 Å². The molecule has 1 saturated heterocycles. The molecule has 0 saturated carbocycles. The Bertz CT molecular complexity index is 460. The van der Waals surface area contributed by atoms with Gasteiger partial charge in [0.2, 0.25) is 0 Å². The molecule has 1 fully saturated rings. The van der Waals surface area contributed by atoms with E-state index in [0.29, 0.717) is 18.6 Å². The smallest absolute Gasteiger partial charge is 0.142 e. The van der Waals surface area contributed by atoms with E-state index >= 15 is 0 Å². The molecular formula is C18H30N2O. The van der Waals surface area contributed by atoms with Gasteiger partial charge in [-0.05, 0) is 38.3 Å². The summed E-state index contributed by atoms with van der Waals surface area (Å²) in [7, 11) is 0. The zero-order chi connectivity index (χ0) is 15.5. The van der Waals surface area contributed by atoms with Crippen LogP contribution < -0.4 is 15.0 Å². The van der Waals surface area contributed by atoms with E-state index in [4.69, 9.17) is 4.74 Å². The third-order valence-electron chi connectivity index (χ3n) is 4.68. The van der Waals surface area contributed by atoms with Crippen molar-refractivity contribution < 1.29 is 4.74 Å². The Kier molecular flexibility index (Phi) is 5.15. The van der Waals surface area contributed by atoms with Crippen LogP contribution in [0.4, 0.5) is 5.69 Å². The molecule has 2 unspecified atom stereocenters. The highest BCUT2D eigenvalue weighted by molar-refractivity contribution is 5.60. The van der Waals surface area contributed by atoms with Crippen LogP contribution >= 0.6 is 0 Å². The lowest BCUT2D eigenvalue weighted by Gasteiger charge is -2.49. The van der Waals surface area contributed by atoms with Crippen LogP contribution in [0.2, 0.25) is 0 Å². The molecule has 118 valence electrons. The zero-order valence-electron chi connectivity index (χ0n) is 14.1. The maximum absolute atomic E-state index is 5.86. The molecule has 21 heavy (non-hydrogen) atoms. The first-order valence-electron chi connectivity index (χ1n) is 8.24. The molecule has 0 aliphatic carbocycles. The maximum Gasteiger partial charge on any atom is 0.142 e. The fourth-order valence-electron chi connectivity index (χ4n) is 3.08. The van der Waals surface area contributed by atoms with Crippen molar-refractivity contribution in [3.05, 3.63) is 24.3 Å². The molecule has 0 aromatic heterocycles. The zero-order valence-corrected chi connectivity index (χ0v) is 14.1. The first kappa shape index (κ1) is 16.2. The summed E-state index contributed by atoms with van der Waals surface area (Å²) in [6.07, 6.45) is 1.13. The second kappa shape index (κ2) is 6.69. The van der Waals surface area contributed by atoms with E-state index in [2.05, 4.69) is 62.2 Å². The second-order valence-electron chi connectivity index (χ2n) is 6.64. The number of ether oxygens (including phenoxy) is 1. The molecule has 0 amide bonds. The number of anilines is 1. The summed E-state index contributed by atoms with van der Waals surface area (Å²) >= 11 is 0. The molecule has 1 aromatic rings. The minimum absolute atomic E-state index is 0.171. The fourth-order valence-corrected chi connectivity index (χ4v) is 3.08. The quantitative estimate of drug-likeness (QED) is 0.895. The minimum Gasteiger partial charge on any atom is -0.492 e. The van der Waals surface area contributed by atoms with Crippen molar-refractivity contribution in [1.29, 1.82) is 0 Å². The molecule has 1 N–H and O–H groups in total. The monoisotopic (exact) mass is 290 g/mol. The Hall–Kier alpha value is -1.22. The number of benzene rings is 1. The Morgan fingerprint density at radius 2 is 2.05 bits per heavy atom. The van der Waals surface area contributed by atoms with Crippen LogP contribution in [-0.2, 0) is 0 Å². The molecular weight excluding hydrogens is 260 g/mol. The van der Waals surface area contributed by atoms with Gasteiger partial charge in [-0.3, -0.25) is 0 Å². The van der Waals surface area contributed by atoms with Crippen LogP contribution in [0.3, 0.4) is 0 Å². The largest absolute Gasteiger partial charge is 0.492 e. The maximum atomic E-state index is 5.86.